The van der Waals surface area contributed by atoms with Crippen molar-refractivity contribution in [2.24, 2.45) is 5.73 Å². The Hall–Kier alpha value is -3.29. The molecule has 38 heavy (non-hydrogen) atoms. The summed E-state index contributed by atoms with van der Waals surface area (Å²) in [5.74, 6) is -0.0509. The molecule has 0 saturated carbocycles. The quantitative estimate of drug-likeness (QED) is 0.335. The molecule has 0 amide bonds. The van der Waals surface area contributed by atoms with Crippen molar-refractivity contribution < 1.29 is 9.13 Å². The van der Waals surface area contributed by atoms with Crippen LogP contribution in [0, 0.1) is 22.6 Å². The number of nitrogens with zero attached hydrogens (tertiary/aromatic N) is 4. The van der Waals surface area contributed by atoms with Gasteiger partial charge in [-0.05, 0) is 38.2 Å². The smallest absolute Gasteiger partial charge is 0.165 e. The molecular formula is C27H30Cl2FN7O. The summed E-state index contributed by atoms with van der Waals surface area (Å²) in [6.45, 7) is 7.74. The third-order valence-electron chi connectivity index (χ3n) is 5.84. The molecule has 2 aromatic heterocycles. The van der Waals surface area contributed by atoms with Crippen LogP contribution >= 0.6 is 23.2 Å². The Kier molecular flexibility index (Phi) is 9.63. The minimum atomic E-state index is -0.588. The second-order valence-electron chi connectivity index (χ2n) is 9.31. The fourth-order valence-electron chi connectivity index (χ4n) is 4.32. The number of hydrogen-bond donors (Lipinski definition) is 3. The van der Waals surface area contributed by atoms with Crippen LogP contribution in [0.25, 0.3) is 0 Å². The molecule has 3 aromatic rings. The first-order valence-electron chi connectivity index (χ1n) is 11.9. The Morgan fingerprint density at radius 1 is 1.21 bits per heavy atom. The van der Waals surface area contributed by atoms with Crippen LogP contribution in [0.15, 0.2) is 42.9 Å². The maximum Gasteiger partial charge on any atom is 0.165 e. The number of ether oxygens (including phenoxy) is 1. The normalized spacial score (nSPS) is 13.7. The predicted octanol–water partition coefficient (Wildman–Crippen LogP) is 4.94. The Bertz CT molecular complexity index is 1330. The van der Waals surface area contributed by atoms with E-state index >= 15 is 0 Å². The Morgan fingerprint density at radius 3 is 2.47 bits per heavy atom. The lowest BCUT2D eigenvalue weighted by atomic mass is 9.90. The molecule has 3 heterocycles. The van der Waals surface area contributed by atoms with E-state index in [4.69, 9.17) is 33.3 Å². The molecule has 11 heteroatoms. The van der Waals surface area contributed by atoms with Gasteiger partial charge >= 0.3 is 0 Å². The number of pyridine rings is 2. The summed E-state index contributed by atoms with van der Waals surface area (Å²) in [6, 6.07) is 8.32. The number of benzene rings is 1. The highest BCUT2D eigenvalue weighted by Gasteiger charge is 2.40. The predicted molar refractivity (Wildman–Crippen MR) is 149 cm³/mol. The number of hydrogen-bond acceptors (Lipinski definition) is 8. The van der Waals surface area contributed by atoms with Crippen molar-refractivity contribution in [3.63, 3.8) is 0 Å². The van der Waals surface area contributed by atoms with Gasteiger partial charge < -0.3 is 20.7 Å². The Labute approximate surface area is 232 Å². The highest BCUT2D eigenvalue weighted by Crippen LogP contribution is 2.30. The number of nitrogens with one attached hydrogen (secondary N) is 2. The molecule has 4 rings (SSSR count). The number of rotatable bonds is 8. The first kappa shape index (κ1) is 29.3. The standard InChI is InChI=1S/C26H25Cl2FN6O.CH5N/c1-15(2)34-26(3)13-35(14-26)25-17(8-30)6-18(9-33-25)24(31)16-4-5-22(29)23(7-16)36-12-19-20(27)10-32-11-21(19)28;1-2/h4-7,9-11,15,31,34H,12-14H2,1-3H3;2H2,1H3. The minimum absolute atomic E-state index is 0.0385. The molecule has 1 aliphatic heterocycles. The van der Waals surface area contributed by atoms with E-state index < -0.39 is 5.82 Å². The van der Waals surface area contributed by atoms with Crippen molar-refractivity contribution in [1.29, 1.82) is 10.7 Å². The van der Waals surface area contributed by atoms with E-state index in [1.807, 2.05) is 4.90 Å². The second-order valence-corrected chi connectivity index (χ2v) is 10.1. The van der Waals surface area contributed by atoms with E-state index in [2.05, 4.69) is 47.9 Å². The second kappa shape index (κ2) is 12.5. The molecule has 1 saturated heterocycles. The number of halogens is 3. The van der Waals surface area contributed by atoms with Crippen LogP contribution < -0.4 is 20.7 Å². The molecule has 0 radical (unpaired) electrons. The molecular weight excluding hydrogens is 528 g/mol. The zero-order chi connectivity index (χ0) is 28.0. The number of nitriles is 1. The van der Waals surface area contributed by atoms with Gasteiger partial charge in [0.15, 0.2) is 11.6 Å². The Balaban J connectivity index is 0.00000195. The minimum Gasteiger partial charge on any atom is -0.486 e. The average Bonchev–Trinajstić information content (AvgIpc) is 2.88. The summed E-state index contributed by atoms with van der Waals surface area (Å²) in [5.41, 5.74) is 6.27. The SMILES string of the molecule is CC(C)NC1(C)CN(c2ncc(C(=N)c3ccc(F)c(OCc4c(Cl)cncc4Cl)c3)cc2C#N)C1.CN. The van der Waals surface area contributed by atoms with E-state index in [0.717, 1.165) is 13.1 Å². The summed E-state index contributed by atoms with van der Waals surface area (Å²) in [5, 5.41) is 22.5. The highest BCUT2D eigenvalue weighted by atomic mass is 35.5. The van der Waals surface area contributed by atoms with Gasteiger partial charge in [-0.15, -0.1) is 0 Å². The summed E-state index contributed by atoms with van der Waals surface area (Å²) in [7, 11) is 1.50. The Morgan fingerprint density at radius 2 is 1.87 bits per heavy atom. The molecule has 0 unspecified atom stereocenters. The van der Waals surface area contributed by atoms with Crippen molar-refractivity contribution >= 4 is 34.7 Å². The van der Waals surface area contributed by atoms with Gasteiger partial charge in [-0.1, -0.05) is 37.0 Å². The van der Waals surface area contributed by atoms with Gasteiger partial charge in [-0.3, -0.25) is 10.4 Å². The fourth-order valence-corrected chi connectivity index (χ4v) is 4.80. The largest absolute Gasteiger partial charge is 0.486 e. The van der Waals surface area contributed by atoms with Crippen LogP contribution in [0.3, 0.4) is 0 Å². The van der Waals surface area contributed by atoms with Crippen molar-refractivity contribution in [2.45, 2.75) is 39.0 Å². The molecule has 1 aliphatic rings. The van der Waals surface area contributed by atoms with Crippen LogP contribution in [0.5, 0.6) is 5.75 Å². The first-order valence-corrected chi connectivity index (χ1v) is 12.7. The third-order valence-corrected chi connectivity index (χ3v) is 6.49. The van der Waals surface area contributed by atoms with Crippen LogP contribution in [-0.2, 0) is 6.61 Å². The summed E-state index contributed by atoms with van der Waals surface area (Å²) in [6.07, 6.45) is 4.42. The summed E-state index contributed by atoms with van der Waals surface area (Å²) in [4.78, 5) is 10.4. The summed E-state index contributed by atoms with van der Waals surface area (Å²) >= 11 is 12.2. The fraction of sp³-hybridized carbons (Fsp3) is 0.333. The van der Waals surface area contributed by atoms with Crippen molar-refractivity contribution in [1.82, 2.24) is 15.3 Å². The van der Waals surface area contributed by atoms with E-state index in [1.165, 1.54) is 37.6 Å². The van der Waals surface area contributed by atoms with Crippen LogP contribution in [-0.4, -0.2) is 47.4 Å². The lowest BCUT2D eigenvalue weighted by Gasteiger charge is -2.50. The van der Waals surface area contributed by atoms with E-state index in [1.54, 1.807) is 12.3 Å². The van der Waals surface area contributed by atoms with Gasteiger partial charge in [0.2, 0.25) is 0 Å². The summed E-state index contributed by atoms with van der Waals surface area (Å²) < 4.78 is 20.1. The molecule has 4 N–H and O–H groups in total. The monoisotopic (exact) mass is 557 g/mol. The molecule has 1 aromatic carbocycles. The maximum atomic E-state index is 14.4. The van der Waals surface area contributed by atoms with Crippen LogP contribution in [0.1, 0.15) is 43.0 Å². The molecule has 1 fully saturated rings. The van der Waals surface area contributed by atoms with Crippen molar-refractivity contribution in [3.05, 3.63) is 81.0 Å². The van der Waals surface area contributed by atoms with Gasteiger partial charge in [-0.25, -0.2) is 9.37 Å². The topological polar surface area (TPSA) is 124 Å². The van der Waals surface area contributed by atoms with Gasteiger partial charge in [0.25, 0.3) is 0 Å². The molecule has 0 spiro atoms. The van der Waals surface area contributed by atoms with Gasteiger partial charge in [-0.2, -0.15) is 5.26 Å². The zero-order valence-corrected chi connectivity index (χ0v) is 23.2. The maximum absolute atomic E-state index is 14.4. The third kappa shape index (κ3) is 6.58. The van der Waals surface area contributed by atoms with Crippen LogP contribution in [0.4, 0.5) is 10.2 Å². The number of nitrogens with two attached hydrogens (primary N) is 1. The first-order chi connectivity index (χ1) is 18.1. The molecule has 200 valence electrons. The lowest BCUT2D eigenvalue weighted by molar-refractivity contribution is 0.260. The molecule has 8 nitrogen and oxygen atoms in total. The van der Waals surface area contributed by atoms with E-state index in [9.17, 15) is 9.65 Å². The molecule has 0 aliphatic carbocycles. The van der Waals surface area contributed by atoms with E-state index in [0.29, 0.717) is 44.2 Å². The highest BCUT2D eigenvalue weighted by molar-refractivity contribution is 6.35. The number of aromatic nitrogens is 2. The van der Waals surface area contributed by atoms with Crippen molar-refractivity contribution in [3.8, 4) is 11.8 Å². The molecule has 0 atom stereocenters. The number of anilines is 1. The lowest BCUT2D eigenvalue weighted by Crippen LogP contribution is -2.69. The van der Waals surface area contributed by atoms with E-state index in [-0.39, 0.29) is 23.6 Å². The molecule has 0 bridgehead atoms. The van der Waals surface area contributed by atoms with Gasteiger partial charge in [0, 0.05) is 54.4 Å². The zero-order valence-electron chi connectivity index (χ0n) is 21.6. The van der Waals surface area contributed by atoms with Gasteiger partial charge in [0.1, 0.15) is 18.5 Å². The van der Waals surface area contributed by atoms with Crippen LogP contribution in [0.2, 0.25) is 10.0 Å². The van der Waals surface area contributed by atoms with Crippen molar-refractivity contribution in [2.75, 3.05) is 25.0 Å². The average molecular weight is 558 g/mol. The van der Waals surface area contributed by atoms with Gasteiger partial charge in [0.05, 0.1) is 26.9 Å².